The van der Waals surface area contributed by atoms with E-state index in [1.807, 2.05) is 0 Å². The van der Waals surface area contributed by atoms with Gasteiger partial charge in [0.05, 0.1) is 12.0 Å². The molecule has 15 heavy (non-hydrogen) atoms. The molecule has 2 N–H and O–H groups in total. The molecule has 1 amide bonds. The standard InChI is InChI=1S/C10H15NO4/c1-4(2)6(12)10-7(15-9(10)14)5(3)8(13)11-10/h4-7,12H,1-3H3,(H,11,13)/t5-,6-,7-,10+/m1/s1. The van der Waals surface area contributed by atoms with Gasteiger partial charge < -0.3 is 15.2 Å². The molecule has 5 heteroatoms. The number of carbonyl (C=O) groups is 2. The molecule has 5 nitrogen and oxygen atoms in total. The molecule has 2 aliphatic rings. The highest BCUT2D eigenvalue weighted by Gasteiger charge is 2.70. The number of amides is 1. The highest BCUT2D eigenvalue weighted by Crippen LogP contribution is 2.42. The van der Waals surface area contributed by atoms with Crippen LogP contribution in [0, 0.1) is 11.8 Å². The molecule has 0 unspecified atom stereocenters. The van der Waals surface area contributed by atoms with Crippen LogP contribution in [0.5, 0.6) is 0 Å². The van der Waals surface area contributed by atoms with Gasteiger partial charge in [0.15, 0.2) is 0 Å². The summed E-state index contributed by atoms with van der Waals surface area (Å²) in [6, 6.07) is 0. The summed E-state index contributed by atoms with van der Waals surface area (Å²) < 4.78 is 4.94. The summed E-state index contributed by atoms with van der Waals surface area (Å²) in [4.78, 5) is 22.9. The van der Waals surface area contributed by atoms with Crippen LogP contribution < -0.4 is 5.32 Å². The van der Waals surface area contributed by atoms with Crippen molar-refractivity contribution in [3.63, 3.8) is 0 Å². The smallest absolute Gasteiger partial charge is 0.338 e. The molecule has 0 aromatic heterocycles. The monoisotopic (exact) mass is 213 g/mol. The molecule has 0 bridgehead atoms. The predicted molar refractivity (Wildman–Crippen MR) is 50.8 cm³/mol. The normalized spacial score (nSPS) is 40.6. The molecule has 2 fully saturated rings. The van der Waals surface area contributed by atoms with E-state index in [0.717, 1.165) is 0 Å². The van der Waals surface area contributed by atoms with Gasteiger partial charge in [0.25, 0.3) is 0 Å². The molecule has 2 rings (SSSR count). The van der Waals surface area contributed by atoms with Crippen molar-refractivity contribution in [3.05, 3.63) is 0 Å². The Kier molecular flexibility index (Phi) is 2.05. The van der Waals surface area contributed by atoms with Gasteiger partial charge in [-0.1, -0.05) is 13.8 Å². The molecular formula is C10H15NO4. The van der Waals surface area contributed by atoms with Crippen LogP contribution in [0.3, 0.4) is 0 Å². The van der Waals surface area contributed by atoms with Crippen molar-refractivity contribution in [2.24, 2.45) is 11.8 Å². The lowest BCUT2D eigenvalue weighted by atomic mass is 9.76. The third kappa shape index (κ3) is 1.07. The summed E-state index contributed by atoms with van der Waals surface area (Å²) in [7, 11) is 0. The molecule has 0 aromatic rings. The minimum Gasteiger partial charge on any atom is -0.456 e. The quantitative estimate of drug-likeness (QED) is 0.602. The van der Waals surface area contributed by atoms with Crippen LogP contribution in [-0.4, -0.2) is 34.7 Å². The molecule has 0 radical (unpaired) electrons. The Bertz CT molecular complexity index is 327. The molecule has 0 spiro atoms. The van der Waals surface area contributed by atoms with Crippen molar-refractivity contribution in [1.82, 2.24) is 5.32 Å². The SMILES string of the molecule is CC(C)[C@@H](O)[C@]12NC(=O)[C@H](C)[C@H]1OC2=O. The van der Waals surface area contributed by atoms with Gasteiger partial charge in [-0.15, -0.1) is 0 Å². The molecule has 2 aliphatic heterocycles. The van der Waals surface area contributed by atoms with Crippen LogP contribution in [0.4, 0.5) is 0 Å². The number of carbonyl (C=O) groups excluding carboxylic acids is 2. The lowest BCUT2D eigenvalue weighted by Crippen LogP contribution is -2.73. The number of hydrogen-bond donors (Lipinski definition) is 2. The van der Waals surface area contributed by atoms with Crippen LogP contribution in [-0.2, 0) is 14.3 Å². The van der Waals surface area contributed by atoms with E-state index in [1.54, 1.807) is 20.8 Å². The summed E-state index contributed by atoms with van der Waals surface area (Å²) in [6.45, 7) is 5.30. The molecular weight excluding hydrogens is 198 g/mol. The van der Waals surface area contributed by atoms with E-state index in [4.69, 9.17) is 4.74 Å². The second-order valence-electron chi connectivity index (χ2n) is 4.66. The topological polar surface area (TPSA) is 75.6 Å². The van der Waals surface area contributed by atoms with Gasteiger partial charge in [0.1, 0.15) is 6.10 Å². The molecule has 0 aromatic carbocycles. The fraction of sp³-hybridized carbons (Fsp3) is 0.800. The Hall–Kier alpha value is -1.10. The van der Waals surface area contributed by atoms with E-state index in [9.17, 15) is 14.7 Å². The van der Waals surface area contributed by atoms with Crippen LogP contribution in [0.25, 0.3) is 0 Å². The lowest BCUT2D eigenvalue weighted by molar-refractivity contribution is -0.206. The van der Waals surface area contributed by atoms with Gasteiger partial charge >= 0.3 is 5.97 Å². The number of aliphatic hydroxyl groups excluding tert-OH is 1. The first-order valence-corrected chi connectivity index (χ1v) is 5.12. The van der Waals surface area contributed by atoms with Crippen LogP contribution in [0.1, 0.15) is 20.8 Å². The van der Waals surface area contributed by atoms with E-state index in [-0.39, 0.29) is 17.7 Å². The summed E-state index contributed by atoms with van der Waals surface area (Å²) in [6.07, 6.45) is -1.41. The second-order valence-corrected chi connectivity index (χ2v) is 4.66. The van der Waals surface area contributed by atoms with Crippen molar-refractivity contribution >= 4 is 11.9 Å². The van der Waals surface area contributed by atoms with E-state index < -0.39 is 23.7 Å². The Labute approximate surface area is 87.8 Å². The molecule has 0 aliphatic carbocycles. The number of fused-ring (bicyclic) bond motifs is 1. The summed E-state index contributed by atoms with van der Waals surface area (Å²) >= 11 is 0. The third-order valence-corrected chi connectivity index (χ3v) is 3.32. The summed E-state index contributed by atoms with van der Waals surface area (Å²) in [5.74, 6) is -1.24. The lowest BCUT2D eigenvalue weighted by Gasteiger charge is -2.46. The fourth-order valence-corrected chi connectivity index (χ4v) is 2.33. The van der Waals surface area contributed by atoms with E-state index in [0.29, 0.717) is 0 Å². The second kappa shape index (κ2) is 2.95. The molecule has 2 heterocycles. The molecule has 4 atom stereocenters. The number of hydrogen-bond acceptors (Lipinski definition) is 4. The summed E-state index contributed by atoms with van der Waals surface area (Å²) in [5, 5.41) is 12.6. The Morgan fingerprint density at radius 2 is 2.07 bits per heavy atom. The molecule has 84 valence electrons. The zero-order valence-corrected chi connectivity index (χ0v) is 8.98. The highest BCUT2D eigenvalue weighted by molar-refractivity contribution is 5.99. The van der Waals surface area contributed by atoms with Gasteiger partial charge in [-0.3, -0.25) is 4.79 Å². The van der Waals surface area contributed by atoms with Crippen molar-refractivity contribution in [3.8, 4) is 0 Å². The van der Waals surface area contributed by atoms with Crippen molar-refractivity contribution in [2.75, 3.05) is 0 Å². The first kappa shape index (κ1) is 10.4. The average Bonchev–Trinajstić information content (AvgIpc) is 2.37. The number of rotatable bonds is 2. The zero-order chi connectivity index (χ0) is 11.4. The maximum atomic E-state index is 11.5. The van der Waals surface area contributed by atoms with Gasteiger partial charge in [-0.2, -0.15) is 0 Å². The van der Waals surface area contributed by atoms with Crippen molar-refractivity contribution in [1.29, 1.82) is 0 Å². The fourth-order valence-electron chi connectivity index (χ4n) is 2.33. The van der Waals surface area contributed by atoms with E-state index in [1.165, 1.54) is 0 Å². The van der Waals surface area contributed by atoms with Crippen LogP contribution in [0.15, 0.2) is 0 Å². The predicted octanol–water partition coefficient (Wildman–Crippen LogP) is -0.567. The van der Waals surface area contributed by atoms with Crippen LogP contribution >= 0.6 is 0 Å². The first-order valence-electron chi connectivity index (χ1n) is 5.12. The maximum absolute atomic E-state index is 11.5. The number of esters is 1. The molecule has 2 saturated heterocycles. The van der Waals surface area contributed by atoms with Gasteiger partial charge in [0.2, 0.25) is 11.4 Å². The van der Waals surface area contributed by atoms with Crippen molar-refractivity contribution < 1.29 is 19.4 Å². The number of aliphatic hydroxyl groups is 1. The van der Waals surface area contributed by atoms with E-state index >= 15 is 0 Å². The highest BCUT2D eigenvalue weighted by atomic mass is 16.6. The maximum Gasteiger partial charge on any atom is 0.338 e. The van der Waals surface area contributed by atoms with Gasteiger partial charge in [-0.05, 0) is 12.8 Å². The minimum atomic E-state index is -1.19. The number of nitrogens with one attached hydrogen (secondary N) is 1. The Morgan fingerprint density at radius 1 is 1.47 bits per heavy atom. The largest absolute Gasteiger partial charge is 0.456 e. The van der Waals surface area contributed by atoms with Gasteiger partial charge in [-0.25, -0.2) is 4.79 Å². The first-order chi connectivity index (χ1) is 6.91. The average molecular weight is 213 g/mol. The molecule has 0 saturated carbocycles. The minimum absolute atomic E-state index is 0.106. The van der Waals surface area contributed by atoms with Gasteiger partial charge in [0, 0.05) is 0 Å². The zero-order valence-electron chi connectivity index (χ0n) is 8.98. The Morgan fingerprint density at radius 3 is 2.47 bits per heavy atom. The number of ether oxygens (including phenoxy) is 1. The summed E-state index contributed by atoms with van der Waals surface area (Å²) in [5.41, 5.74) is -1.19. The van der Waals surface area contributed by atoms with Crippen LogP contribution in [0.2, 0.25) is 0 Å². The third-order valence-electron chi connectivity index (χ3n) is 3.32. The van der Waals surface area contributed by atoms with E-state index in [2.05, 4.69) is 5.32 Å². The Balaban J connectivity index is 2.33. The van der Waals surface area contributed by atoms with Crippen molar-refractivity contribution in [2.45, 2.75) is 38.5 Å².